The predicted octanol–water partition coefficient (Wildman–Crippen LogP) is -0.959. The molecule has 0 aliphatic heterocycles. The Bertz CT molecular complexity index is 585. The van der Waals surface area contributed by atoms with Crippen molar-refractivity contribution in [3.8, 4) is 0 Å². The van der Waals surface area contributed by atoms with Crippen LogP contribution in [0.25, 0.3) is 11.2 Å². The van der Waals surface area contributed by atoms with E-state index in [0.717, 1.165) is 0 Å². The monoisotopic (exact) mass is 250 g/mol. The number of rotatable bonds is 1. The van der Waals surface area contributed by atoms with E-state index in [-0.39, 0.29) is 6.42 Å². The van der Waals surface area contributed by atoms with Gasteiger partial charge in [0.15, 0.2) is 5.65 Å². The van der Waals surface area contributed by atoms with Crippen LogP contribution in [-0.2, 0) is 0 Å². The fourth-order valence-electron chi connectivity index (χ4n) is 2.46. The van der Waals surface area contributed by atoms with E-state index in [1.165, 1.54) is 6.33 Å². The molecule has 4 atom stereocenters. The molecule has 0 saturated heterocycles. The highest BCUT2D eigenvalue weighted by Gasteiger charge is 2.42. The number of imidazole rings is 1. The lowest BCUT2D eigenvalue weighted by Gasteiger charge is -2.17. The molecule has 2 heterocycles. The van der Waals surface area contributed by atoms with Gasteiger partial charge in [-0.15, -0.1) is 0 Å². The summed E-state index contributed by atoms with van der Waals surface area (Å²) in [5.41, 5.74) is 7.39. The molecular formula is C11H14N4O3. The summed E-state index contributed by atoms with van der Waals surface area (Å²) in [7, 11) is 0. The van der Waals surface area contributed by atoms with Crippen LogP contribution in [0, 0.1) is 0 Å². The molecule has 96 valence electrons. The van der Waals surface area contributed by atoms with E-state index >= 15 is 0 Å². The van der Waals surface area contributed by atoms with E-state index in [1.54, 1.807) is 16.8 Å². The van der Waals surface area contributed by atoms with Gasteiger partial charge in [-0.25, -0.2) is 9.97 Å². The molecule has 0 unspecified atom stereocenters. The van der Waals surface area contributed by atoms with E-state index in [9.17, 15) is 15.3 Å². The molecular weight excluding hydrogens is 236 g/mol. The number of nitrogen functional groups attached to an aromatic ring is 1. The van der Waals surface area contributed by atoms with E-state index in [0.29, 0.717) is 16.9 Å². The van der Waals surface area contributed by atoms with Gasteiger partial charge in [0.2, 0.25) is 0 Å². The van der Waals surface area contributed by atoms with Crippen molar-refractivity contribution in [1.82, 2.24) is 14.5 Å². The zero-order chi connectivity index (χ0) is 12.9. The number of anilines is 1. The van der Waals surface area contributed by atoms with Crippen molar-refractivity contribution in [3.05, 3.63) is 18.6 Å². The van der Waals surface area contributed by atoms with Gasteiger partial charge in [0, 0.05) is 6.20 Å². The fourth-order valence-corrected chi connectivity index (χ4v) is 2.46. The van der Waals surface area contributed by atoms with Crippen molar-refractivity contribution in [2.75, 3.05) is 5.73 Å². The maximum atomic E-state index is 9.91. The third-order valence-corrected chi connectivity index (χ3v) is 3.47. The average Bonchev–Trinajstić information content (AvgIpc) is 2.88. The van der Waals surface area contributed by atoms with Crippen LogP contribution in [0.15, 0.2) is 18.6 Å². The number of fused-ring (bicyclic) bond motifs is 1. The van der Waals surface area contributed by atoms with Crippen LogP contribution in [-0.4, -0.2) is 48.2 Å². The fraction of sp³-hybridized carbons (Fsp3) is 0.455. The molecule has 1 aliphatic carbocycles. The van der Waals surface area contributed by atoms with Gasteiger partial charge in [-0.3, -0.25) is 0 Å². The van der Waals surface area contributed by atoms with Crippen LogP contribution >= 0.6 is 0 Å². The minimum absolute atomic E-state index is 0.254. The molecule has 7 nitrogen and oxygen atoms in total. The van der Waals surface area contributed by atoms with E-state index in [1.807, 2.05) is 0 Å². The molecule has 1 saturated carbocycles. The van der Waals surface area contributed by atoms with Crippen molar-refractivity contribution in [2.45, 2.75) is 30.8 Å². The summed E-state index contributed by atoms with van der Waals surface area (Å²) >= 11 is 0. The summed E-state index contributed by atoms with van der Waals surface area (Å²) in [6, 6.07) is 1.20. The normalized spacial score (nSPS) is 32.2. The van der Waals surface area contributed by atoms with Crippen LogP contribution in [0.2, 0.25) is 0 Å². The van der Waals surface area contributed by atoms with Crippen LogP contribution in [0.5, 0.6) is 0 Å². The summed E-state index contributed by atoms with van der Waals surface area (Å²) < 4.78 is 1.65. The second kappa shape index (κ2) is 3.91. The summed E-state index contributed by atoms with van der Waals surface area (Å²) in [6.45, 7) is 0. The molecule has 3 rings (SSSR count). The van der Waals surface area contributed by atoms with Crippen LogP contribution < -0.4 is 5.73 Å². The maximum absolute atomic E-state index is 9.91. The Morgan fingerprint density at radius 1 is 1.22 bits per heavy atom. The van der Waals surface area contributed by atoms with Crippen molar-refractivity contribution in [3.63, 3.8) is 0 Å². The van der Waals surface area contributed by atoms with Gasteiger partial charge >= 0.3 is 0 Å². The van der Waals surface area contributed by atoms with Gasteiger partial charge in [0.25, 0.3) is 0 Å². The summed E-state index contributed by atoms with van der Waals surface area (Å²) in [5.74, 6) is 0. The Labute approximate surface area is 103 Å². The molecule has 5 N–H and O–H groups in total. The Morgan fingerprint density at radius 3 is 2.67 bits per heavy atom. The standard InChI is InChI=1S/C11H14N4O3/c12-5-1-2-13-11-8(5)14-4-15(11)6-3-7(16)10(18)9(6)17/h1-2,4,6-7,9-10,16-18H,3H2,(H2,12,13)/t6-,7+,9+,10-/m0/s1. The molecule has 7 heteroatoms. The highest BCUT2D eigenvalue weighted by atomic mass is 16.4. The summed E-state index contributed by atoms with van der Waals surface area (Å²) in [5, 5.41) is 29.1. The molecule has 0 spiro atoms. The zero-order valence-corrected chi connectivity index (χ0v) is 9.51. The number of nitrogens with zero attached hydrogens (tertiary/aromatic N) is 3. The predicted molar refractivity (Wildman–Crippen MR) is 63.6 cm³/mol. The molecule has 0 bridgehead atoms. The molecule has 2 aromatic heterocycles. The lowest BCUT2D eigenvalue weighted by atomic mass is 10.2. The van der Waals surface area contributed by atoms with E-state index in [4.69, 9.17) is 5.73 Å². The van der Waals surface area contributed by atoms with Crippen LogP contribution in [0.1, 0.15) is 12.5 Å². The first kappa shape index (κ1) is 11.4. The number of nitrogens with two attached hydrogens (primary N) is 1. The number of aromatic nitrogens is 3. The Hall–Kier alpha value is -1.70. The van der Waals surface area contributed by atoms with E-state index < -0.39 is 24.4 Å². The van der Waals surface area contributed by atoms with Gasteiger partial charge in [-0.1, -0.05) is 0 Å². The third kappa shape index (κ3) is 1.48. The average molecular weight is 250 g/mol. The molecule has 2 aromatic rings. The second-order valence-electron chi connectivity index (χ2n) is 4.58. The Morgan fingerprint density at radius 2 is 2.00 bits per heavy atom. The number of aliphatic hydroxyl groups is 3. The number of pyridine rings is 1. The highest BCUT2D eigenvalue weighted by Crippen LogP contribution is 2.33. The minimum atomic E-state index is -1.14. The van der Waals surface area contributed by atoms with Crippen LogP contribution in [0.3, 0.4) is 0 Å². The lowest BCUT2D eigenvalue weighted by molar-refractivity contribution is -0.0244. The SMILES string of the molecule is Nc1ccnc2c1ncn2[C@H]1C[C@@H](O)[C@H](O)[C@@H]1O. The van der Waals surface area contributed by atoms with Crippen molar-refractivity contribution >= 4 is 16.9 Å². The minimum Gasteiger partial charge on any atom is -0.397 e. The molecule has 0 radical (unpaired) electrons. The van der Waals surface area contributed by atoms with Crippen LogP contribution in [0.4, 0.5) is 5.69 Å². The van der Waals surface area contributed by atoms with Gasteiger partial charge < -0.3 is 25.6 Å². The van der Waals surface area contributed by atoms with Gasteiger partial charge in [0.05, 0.1) is 24.2 Å². The molecule has 1 aliphatic rings. The topological polar surface area (TPSA) is 117 Å². The smallest absolute Gasteiger partial charge is 0.162 e. The number of aliphatic hydroxyl groups excluding tert-OH is 3. The first-order valence-corrected chi connectivity index (χ1v) is 5.71. The van der Waals surface area contributed by atoms with Gasteiger partial charge in [-0.05, 0) is 12.5 Å². The highest BCUT2D eigenvalue weighted by molar-refractivity contribution is 5.83. The van der Waals surface area contributed by atoms with Crippen molar-refractivity contribution in [2.24, 2.45) is 0 Å². The van der Waals surface area contributed by atoms with Gasteiger partial charge in [-0.2, -0.15) is 0 Å². The molecule has 0 amide bonds. The van der Waals surface area contributed by atoms with Crippen molar-refractivity contribution in [1.29, 1.82) is 0 Å². The Balaban J connectivity index is 2.08. The summed E-state index contributed by atoms with van der Waals surface area (Å²) in [4.78, 5) is 8.33. The summed E-state index contributed by atoms with van der Waals surface area (Å²) in [6.07, 6.45) is 0.207. The third-order valence-electron chi connectivity index (χ3n) is 3.47. The van der Waals surface area contributed by atoms with Crippen molar-refractivity contribution < 1.29 is 15.3 Å². The number of hydrogen-bond donors (Lipinski definition) is 4. The quantitative estimate of drug-likeness (QED) is 0.518. The molecule has 1 fully saturated rings. The van der Waals surface area contributed by atoms with Gasteiger partial charge in [0.1, 0.15) is 17.7 Å². The zero-order valence-electron chi connectivity index (χ0n) is 9.51. The number of hydrogen-bond acceptors (Lipinski definition) is 6. The molecule has 18 heavy (non-hydrogen) atoms. The van der Waals surface area contributed by atoms with E-state index in [2.05, 4.69) is 9.97 Å². The largest absolute Gasteiger partial charge is 0.397 e. The Kier molecular flexibility index (Phi) is 2.47. The first-order valence-electron chi connectivity index (χ1n) is 5.71. The first-order chi connectivity index (χ1) is 8.59. The lowest BCUT2D eigenvalue weighted by Crippen LogP contribution is -2.31. The molecule has 0 aromatic carbocycles. The second-order valence-corrected chi connectivity index (χ2v) is 4.58. The maximum Gasteiger partial charge on any atom is 0.162 e.